The Hall–Kier alpha value is -3.09. The zero-order valence-electron chi connectivity index (χ0n) is 23.4. The standard InChI is InChI=1S/C24H46N6O7/c1-14(2)13-17(20(32)30-25)28-19(31)16(11-9-10-12-26-22(34)36-8)27-21(33)18(15(3)4)29-23(35)37-24(5,6)7/h14-18H,9-13,25H2,1-8H3,(H,26,34)(H,27,33)(H,28,31)(H,29,35)(H,30,32)/t16-,17-,18-/m0/s1. The number of ether oxygens (including phenoxy) is 2. The van der Waals surface area contributed by atoms with Crippen LogP contribution < -0.4 is 32.5 Å². The highest BCUT2D eigenvalue weighted by Gasteiger charge is 2.31. The number of nitrogens with two attached hydrogens (primary N) is 1. The smallest absolute Gasteiger partial charge is 0.408 e. The average molecular weight is 531 g/mol. The molecule has 0 radical (unpaired) electrons. The number of nitrogens with one attached hydrogen (secondary N) is 5. The van der Waals surface area contributed by atoms with Gasteiger partial charge in [0, 0.05) is 6.54 Å². The summed E-state index contributed by atoms with van der Waals surface area (Å²) in [5.74, 6) is 3.36. The molecule has 0 bridgehead atoms. The van der Waals surface area contributed by atoms with Crippen molar-refractivity contribution in [2.75, 3.05) is 13.7 Å². The topological polar surface area (TPSA) is 190 Å². The summed E-state index contributed by atoms with van der Waals surface area (Å²) in [5.41, 5.74) is 1.30. The lowest BCUT2D eigenvalue weighted by Gasteiger charge is -2.28. The number of amides is 5. The van der Waals surface area contributed by atoms with E-state index in [1.54, 1.807) is 34.6 Å². The van der Waals surface area contributed by atoms with Gasteiger partial charge < -0.3 is 30.7 Å². The Labute approximate surface area is 219 Å². The Bertz CT molecular complexity index is 767. The SMILES string of the molecule is COC(=O)NCCCC[C@H](NC(=O)[C@@H](NC(=O)OC(C)(C)C)C(C)C)C(=O)N[C@@H](CC(C)C)C(=O)NN. The van der Waals surface area contributed by atoms with E-state index in [1.807, 2.05) is 13.8 Å². The lowest BCUT2D eigenvalue weighted by Crippen LogP contribution is -2.58. The predicted molar refractivity (Wildman–Crippen MR) is 138 cm³/mol. The molecular formula is C24H46N6O7. The van der Waals surface area contributed by atoms with Crippen LogP contribution in [-0.4, -0.2) is 67.3 Å². The first-order valence-corrected chi connectivity index (χ1v) is 12.5. The lowest BCUT2D eigenvalue weighted by atomic mass is 10.0. The van der Waals surface area contributed by atoms with E-state index in [9.17, 15) is 24.0 Å². The highest BCUT2D eigenvalue weighted by Crippen LogP contribution is 2.11. The number of methoxy groups -OCH3 is 1. The second-order valence-corrected chi connectivity index (χ2v) is 10.5. The third kappa shape index (κ3) is 14.9. The third-order valence-corrected chi connectivity index (χ3v) is 5.11. The predicted octanol–water partition coefficient (Wildman–Crippen LogP) is 1.07. The van der Waals surface area contributed by atoms with Crippen molar-refractivity contribution >= 4 is 29.9 Å². The maximum atomic E-state index is 13.2. The van der Waals surface area contributed by atoms with Gasteiger partial charge in [-0.05, 0) is 58.3 Å². The van der Waals surface area contributed by atoms with Crippen molar-refractivity contribution in [1.29, 1.82) is 0 Å². The molecule has 0 fully saturated rings. The van der Waals surface area contributed by atoms with E-state index in [1.165, 1.54) is 7.11 Å². The largest absolute Gasteiger partial charge is 0.453 e. The summed E-state index contributed by atoms with van der Waals surface area (Å²) in [5, 5.41) is 10.5. The fourth-order valence-corrected chi connectivity index (χ4v) is 3.31. The van der Waals surface area contributed by atoms with Gasteiger partial charge in [0.1, 0.15) is 23.7 Å². The number of alkyl carbamates (subject to hydrolysis) is 2. The maximum absolute atomic E-state index is 13.2. The minimum Gasteiger partial charge on any atom is -0.453 e. The van der Waals surface area contributed by atoms with Gasteiger partial charge >= 0.3 is 12.2 Å². The summed E-state index contributed by atoms with van der Waals surface area (Å²) in [7, 11) is 1.26. The van der Waals surface area contributed by atoms with Crippen molar-refractivity contribution < 1.29 is 33.4 Å². The molecule has 0 aromatic heterocycles. The molecule has 0 aliphatic heterocycles. The van der Waals surface area contributed by atoms with Crippen molar-refractivity contribution in [2.45, 2.75) is 97.9 Å². The first kappa shape index (κ1) is 33.9. The molecule has 37 heavy (non-hydrogen) atoms. The number of carbonyl (C=O) groups is 5. The summed E-state index contributed by atoms with van der Waals surface area (Å²) >= 11 is 0. The Morgan fingerprint density at radius 1 is 0.811 bits per heavy atom. The van der Waals surface area contributed by atoms with E-state index in [-0.39, 0.29) is 18.3 Å². The third-order valence-electron chi connectivity index (χ3n) is 5.11. The normalized spacial score (nSPS) is 13.7. The van der Waals surface area contributed by atoms with Crippen LogP contribution >= 0.6 is 0 Å². The van der Waals surface area contributed by atoms with Crippen LogP contribution in [0.2, 0.25) is 0 Å². The molecule has 0 aliphatic rings. The van der Waals surface area contributed by atoms with Gasteiger partial charge in [-0.2, -0.15) is 0 Å². The van der Waals surface area contributed by atoms with Gasteiger partial charge in [0.25, 0.3) is 5.91 Å². The summed E-state index contributed by atoms with van der Waals surface area (Å²) in [4.78, 5) is 62.0. The van der Waals surface area contributed by atoms with Crippen molar-refractivity contribution in [2.24, 2.45) is 17.7 Å². The van der Waals surface area contributed by atoms with Gasteiger partial charge in [0.15, 0.2) is 0 Å². The van der Waals surface area contributed by atoms with Crippen molar-refractivity contribution in [3.05, 3.63) is 0 Å². The van der Waals surface area contributed by atoms with Crippen molar-refractivity contribution in [3.8, 4) is 0 Å². The summed E-state index contributed by atoms with van der Waals surface area (Å²) in [6.07, 6.45) is 0.209. The van der Waals surface area contributed by atoms with Crippen LogP contribution in [0.1, 0.15) is 74.1 Å². The van der Waals surface area contributed by atoms with E-state index in [2.05, 4.69) is 31.4 Å². The van der Waals surface area contributed by atoms with E-state index in [0.29, 0.717) is 25.8 Å². The second kappa shape index (κ2) is 16.6. The Kier molecular flexibility index (Phi) is 15.2. The second-order valence-electron chi connectivity index (χ2n) is 10.5. The highest BCUT2D eigenvalue weighted by molar-refractivity contribution is 5.93. The molecule has 0 spiro atoms. The molecule has 214 valence electrons. The fraction of sp³-hybridized carbons (Fsp3) is 0.792. The molecule has 7 N–H and O–H groups in total. The Morgan fingerprint density at radius 2 is 1.41 bits per heavy atom. The molecule has 3 atom stereocenters. The lowest BCUT2D eigenvalue weighted by molar-refractivity contribution is -0.133. The number of carbonyl (C=O) groups excluding carboxylic acids is 5. The number of hydrogen-bond donors (Lipinski definition) is 6. The van der Waals surface area contributed by atoms with Gasteiger partial charge in [-0.1, -0.05) is 27.7 Å². The van der Waals surface area contributed by atoms with Gasteiger partial charge in [0.2, 0.25) is 11.8 Å². The van der Waals surface area contributed by atoms with Crippen LogP contribution in [0.5, 0.6) is 0 Å². The molecule has 0 unspecified atom stereocenters. The Morgan fingerprint density at radius 3 is 1.89 bits per heavy atom. The van der Waals surface area contributed by atoms with Crippen molar-refractivity contribution in [3.63, 3.8) is 0 Å². The van der Waals surface area contributed by atoms with E-state index in [4.69, 9.17) is 10.6 Å². The van der Waals surface area contributed by atoms with Gasteiger partial charge in [-0.3, -0.25) is 19.8 Å². The quantitative estimate of drug-likeness (QED) is 0.0831. The molecule has 13 nitrogen and oxygen atoms in total. The van der Waals surface area contributed by atoms with Crippen LogP contribution in [0.3, 0.4) is 0 Å². The van der Waals surface area contributed by atoms with Gasteiger partial charge in [-0.25, -0.2) is 15.4 Å². The Balaban J connectivity index is 5.55. The molecule has 0 heterocycles. The number of hydrogen-bond acceptors (Lipinski definition) is 8. The van der Waals surface area contributed by atoms with Crippen LogP contribution in [-0.2, 0) is 23.9 Å². The van der Waals surface area contributed by atoms with Crippen LogP contribution in [0.4, 0.5) is 9.59 Å². The molecule has 13 heteroatoms. The molecule has 0 rings (SSSR count). The van der Waals surface area contributed by atoms with Gasteiger partial charge in [-0.15, -0.1) is 0 Å². The zero-order valence-corrected chi connectivity index (χ0v) is 23.4. The zero-order chi connectivity index (χ0) is 28.8. The minimum atomic E-state index is -1.01. The molecule has 0 aromatic carbocycles. The number of rotatable bonds is 14. The molecule has 0 aromatic rings. The fourth-order valence-electron chi connectivity index (χ4n) is 3.31. The highest BCUT2D eigenvalue weighted by atomic mass is 16.6. The van der Waals surface area contributed by atoms with Crippen molar-refractivity contribution in [1.82, 2.24) is 26.7 Å². The first-order valence-electron chi connectivity index (χ1n) is 12.5. The van der Waals surface area contributed by atoms with Gasteiger partial charge in [0.05, 0.1) is 7.11 Å². The molecule has 0 aliphatic carbocycles. The summed E-state index contributed by atoms with van der Waals surface area (Å²) < 4.78 is 9.78. The monoisotopic (exact) mass is 530 g/mol. The average Bonchev–Trinajstić information content (AvgIpc) is 2.78. The van der Waals surface area contributed by atoms with Crippen LogP contribution in [0.25, 0.3) is 0 Å². The summed E-state index contributed by atoms with van der Waals surface area (Å²) in [6, 6.07) is -2.86. The molecule has 5 amide bonds. The first-order chi connectivity index (χ1) is 17.1. The summed E-state index contributed by atoms with van der Waals surface area (Å²) in [6.45, 7) is 12.7. The van der Waals surface area contributed by atoms with E-state index >= 15 is 0 Å². The maximum Gasteiger partial charge on any atom is 0.408 e. The van der Waals surface area contributed by atoms with Crippen LogP contribution in [0.15, 0.2) is 0 Å². The molecular weight excluding hydrogens is 484 g/mol. The van der Waals surface area contributed by atoms with E-state index < -0.39 is 53.6 Å². The minimum absolute atomic E-state index is 0.0865. The van der Waals surface area contributed by atoms with E-state index in [0.717, 1.165) is 0 Å². The molecule has 0 saturated carbocycles. The number of unbranched alkanes of at least 4 members (excludes halogenated alkanes) is 1. The van der Waals surface area contributed by atoms with Crippen LogP contribution in [0, 0.1) is 11.8 Å². The number of hydrazine groups is 1. The molecule has 0 saturated heterocycles.